The largest absolute Gasteiger partial charge is 0.321 e. The van der Waals surface area contributed by atoms with Gasteiger partial charge in [-0.3, -0.25) is 4.79 Å². The topological polar surface area (TPSA) is 89.0 Å². The number of carbonyl (C=O) groups excluding carboxylic acids is 1. The van der Waals surface area contributed by atoms with Crippen LogP contribution in [0.2, 0.25) is 0 Å². The lowest BCUT2D eigenvalue weighted by molar-refractivity contribution is 0.103. The van der Waals surface area contributed by atoms with Gasteiger partial charge in [-0.15, -0.1) is 5.10 Å². The van der Waals surface area contributed by atoms with Crippen LogP contribution in [-0.4, -0.2) is 30.2 Å². The quantitative estimate of drug-likeness (QED) is 0.914. The number of nitrogens with one attached hydrogen (secondary N) is 1. The Hall–Kier alpha value is -1.80. The molecule has 2 rings (SSSR count). The number of rotatable bonds is 3. The zero-order chi connectivity index (χ0) is 13.2. The number of benzene rings is 1. The molecule has 0 aliphatic carbocycles. The maximum absolute atomic E-state index is 11.7. The van der Waals surface area contributed by atoms with Crippen LogP contribution in [0, 0.1) is 0 Å². The maximum Gasteiger partial charge on any atom is 0.269 e. The Kier molecular flexibility index (Phi) is 3.39. The van der Waals surface area contributed by atoms with Gasteiger partial charge in [-0.25, -0.2) is 8.42 Å². The number of sulfone groups is 1. The van der Waals surface area contributed by atoms with Gasteiger partial charge in [0.25, 0.3) is 5.91 Å². The number of amides is 1. The fourth-order valence-corrected chi connectivity index (χ4v) is 2.29. The molecule has 0 saturated heterocycles. The summed E-state index contributed by atoms with van der Waals surface area (Å²) >= 11 is 0.989. The second-order valence-corrected chi connectivity index (χ2v) is 6.33. The summed E-state index contributed by atoms with van der Waals surface area (Å²) in [5.41, 5.74) is 0.515. The number of hydrogen-bond acceptors (Lipinski definition) is 6. The number of nitrogens with zero attached hydrogens (tertiary/aromatic N) is 2. The highest BCUT2D eigenvalue weighted by Gasteiger charge is 2.10. The molecular weight excluding hydrogens is 274 g/mol. The summed E-state index contributed by atoms with van der Waals surface area (Å²) in [5, 5.41) is 6.18. The van der Waals surface area contributed by atoms with E-state index >= 15 is 0 Å². The summed E-state index contributed by atoms with van der Waals surface area (Å²) in [6, 6.07) is 5.94. The lowest BCUT2D eigenvalue weighted by atomic mass is 10.3. The van der Waals surface area contributed by atoms with E-state index in [9.17, 15) is 13.2 Å². The fraction of sp³-hybridized carbons (Fsp3) is 0.100. The van der Waals surface area contributed by atoms with Crippen molar-refractivity contribution in [3.05, 3.63) is 35.3 Å². The molecule has 2 aromatic rings. The van der Waals surface area contributed by atoms with E-state index in [4.69, 9.17) is 0 Å². The van der Waals surface area contributed by atoms with Crippen molar-refractivity contribution in [1.29, 1.82) is 0 Å². The van der Waals surface area contributed by atoms with E-state index in [-0.39, 0.29) is 10.8 Å². The second-order valence-electron chi connectivity index (χ2n) is 3.53. The first-order chi connectivity index (χ1) is 8.47. The van der Waals surface area contributed by atoms with Crippen molar-refractivity contribution in [2.45, 2.75) is 4.90 Å². The van der Waals surface area contributed by atoms with Crippen LogP contribution in [0.4, 0.5) is 5.69 Å². The summed E-state index contributed by atoms with van der Waals surface area (Å²) in [5.74, 6) is -0.322. The SMILES string of the molecule is CS(=O)(=O)c1ccc(NC(=O)c2cnns2)cc1. The predicted molar refractivity (Wildman–Crippen MR) is 67.4 cm³/mol. The molecule has 0 fully saturated rings. The molecular formula is C10H9N3O3S2. The van der Waals surface area contributed by atoms with Gasteiger partial charge >= 0.3 is 0 Å². The number of anilines is 1. The summed E-state index contributed by atoms with van der Waals surface area (Å²) in [4.78, 5) is 12.3. The molecule has 0 aliphatic rings. The van der Waals surface area contributed by atoms with Gasteiger partial charge in [0, 0.05) is 11.9 Å². The molecule has 1 aromatic heterocycles. The predicted octanol–water partition coefficient (Wildman–Crippen LogP) is 1.19. The Morgan fingerprint density at radius 2 is 1.94 bits per heavy atom. The van der Waals surface area contributed by atoms with E-state index in [1.165, 1.54) is 30.5 Å². The van der Waals surface area contributed by atoms with Crippen LogP contribution in [0.3, 0.4) is 0 Å². The molecule has 1 N–H and O–H groups in total. The molecule has 0 atom stereocenters. The number of aromatic nitrogens is 2. The van der Waals surface area contributed by atoms with E-state index in [1.54, 1.807) is 0 Å². The highest BCUT2D eigenvalue weighted by molar-refractivity contribution is 7.90. The summed E-state index contributed by atoms with van der Waals surface area (Å²) < 4.78 is 26.1. The van der Waals surface area contributed by atoms with Crippen molar-refractivity contribution in [2.75, 3.05) is 11.6 Å². The molecule has 0 aliphatic heterocycles. The van der Waals surface area contributed by atoms with E-state index in [0.717, 1.165) is 17.8 Å². The van der Waals surface area contributed by atoms with Gasteiger partial charge in [0.15, 0.2) is 9.84 Å². The van der Waals surface area contributed by atoms with Gasteiger partial charge in [-0.2, -0.15) is 0 Å². The van der Waals surface area contributed by atoms with Crippen LogP contribution in [0.15, 0.2) is 35.4 Å². The fourth-order valence-electron chi connectivity index (χ4n) is 1.25. The van der Waals surface area contributed by atoms with Gasteiger partial charge < -0.3 is 5.32 Å². The van der Waals surface area contributed by atoms with Crippen molar-refractivity contribution in [3.8, 4) is 0 Å². The molecule has 0 spiro atoms. The third kappa shape index (κ3) is 2.90. The summed E-state index contributed by atoms with van der Waals surface area (Å²) in [7, 11) is -3.22. The molecule has 8 heteroatoms. The van der Waals surface area contributed by atoms with Crippen LogP contribution in [-0.2, 0) is 9.84 Å². The van der Waals surface area contributed by atoms with E-state index < -0.39 is 9.84 Å². The van der Waals surface area contributed by atoms with Gasteiger partial charge in [-0.05, 0) is 35.8 Å². The number of carbonyl (C=O) groups is 1. The monoisotopic (exact) mass is 283 g/mol. The highest BCUT2D eigenvalue weighted by Crippen LogP contribution is 2.15. The lowest BCUT2D eigenvalue weighted by Gasteiger charge is -2.04. The van der Waals surface area contributed by atoms with Crippen molar-refractivity contribution < 1.29 is 13.2 Å². The van der Waals surface area contributed by atoms with Crippen molar-refractivity contribution in [3.63, 3.8) is 0 Å². The van der Waals surface area contributed by atoms with Gasteiger partial charge in [0.1, 0.15) is 4.88 Å². The molecule has 1 amide bonds. The normalized spacial score (nSPS) is 11.2. The molecule has 0 bridgehead atoms. The number of hydrogen-bond donors (Lipinski definition) is 1. The molecule has 94 valence electrons. The van der Waals surface area contributed by atoms with Gasteiger partial charge in [0.05, 0.1) is 11.1 Å². The molecule has 6 nitrogen and oxygen atoms in total. The Labute approximate surface area is 108 Å². The van der Waals surface area contributed by atoms with Crippen LogP contribution in [0.5, 0.6) is 0 Å². The van der Waals surface area contributed by atoms with Crippen LogP contribution >= 0.6 is 11.5 Å². The van der Waals surface area contributed by atoms with Crippen LogP contribution < -0.4 is 5.32 Å². The third-order valence-electron chi connectivity index (χ3n) is 2.13. The van der Waals surface area contributed by atoms with E-state index in [1.807, 2.05) is 0 Å². The van der Waals surface area contributed by atoms with Crippen LogP contribution in [0.1, 0.15) is 9.67 Å². The average Bonchev–Trinajstić information content (AvgIpc) is 2.82. The second kappa shape index (κ2) is 4.83. The maximum atomic E-state index is 11.7. The molecule has 0 saturated carbocycles. The standard InChI is InChI=1S/C10H9N3O3S2/c1-18(15,16)8-4-2-7(3-5-8)12-10(14)9-6-11-13-17-9/h2-6H,1H3,(H,12,14). The Morgan fingerprint density at radius 3 is 2.44 bits per heavy atom. The molecule has 18 heavy (non-hydrogen) atoms. The first-order valence-electron chi connectivity index (χ1n) is 4.85. The molecule has 1 heterocycles. The first-order valence-corrected chi connectivity index (χ1v) is 7.52. The summed E-state index contributed by atoms with van der Waals surface area (Å²) in [6.45, 7) is 0. The zero-order valence-electron chi connectivity index (χ0n) is 9.32. The minimum Gasteiger partial charge on any atom is -0.321 e. The molecule has 1 aromatic carbocycles. The Bertz CT molecular complexity index is 648. The highest BCUT2D eigenvalue weighted by atomic mass is 32.2. The minimum atomic E-state index is -3.22. The Balaban J connectivity index is 2.14. The lowest BCUT2D eigenvalue weighted by Crippen LogP contribution is -2.10. The third-order valence-corrected chi connectivity index (χ3v) is 3.92. The average molecular weight is 283 g/mol. The van der Waals surface area contributed by atoms with Crippen molar-refractivity contribution in [1.82, 2.24) is 9.59 Å². The summed E-state index contributed by atoms with van der Waals surface area (Å²) in [6.07, 6.45) is 2.49. The smallest absolute Gasteiger partial charge is 0.269 e. The molecule has 0 radical (unpaired) electrons. The van der Waals surface area contributed by atoms with Gasteiger partial charge in [0.2, 0.25) is 0 Å². The molecule has 0 unspecified atom stereocenters. The minimum absolute atomic E-state index is 0.208. The Morgan fingerprint density at radius 1 is 1.28 bits per heavy atom. The van der Waals surface area contributed by atoms with E-state index in [0.29, 0.717) is 10.6 Å². The first kappa shape index (κ1) is 12.7. The van der Waals surface area contributed by atoms with Crippen LogP contribution in [0.25, 0.3) is 0 Å². The zero-order valence-corrected chi connectivity index (χ0v) is 11.0. The van der Waals surface area contributed by atoms with Crippen molar-refractivity contribution >= 4 is 33.0 Å². The van der Waals surface area contributed by atoms with Gasteiger partial charge in [-0.1, -0.05) is 4.49 Å². The van der Waals surface area contributed by atoms with Crippen molar-refractivity contribution in [2.24, 2.45) is 0 Å². The van der Waals surface area contributed by atoms with E-state index in [2.05, 4.69) is 14.9 Å².